The van der Waals surface area contributed by atoms with E-state index in [4.69, 9.17) is 0 Å². The first-order valence-corrected chi connectivity index (χ1v) is 9.26. The maximum atomic E-state index is 2.38. The van der Waals surface area contributed by atoms with Crippen molar-refractivity contribution >= 4 is 23.1 Å². The minimum absolute atomic E-state index is 0.0425. The van der Waals surface area contributed by atoms with Gasteiger partial charge in [0.1, 0.15) is 0 Å². The zero-order chi connectivity index (χ0) is 17.4. The summed E-state index contributed by atoms with van der Waals surface area (Å²) in [5, 5.41) is 0. The molecule has 5 rings (SSSR count). The first kappa shape index (κ1) is 15.0. The van der Waals surface area contributed by atoms with Crippen molar-refractivity contribution in [3.8, 4) is 0 Å². The average molecular weight is 322 g/mol. The molecule has 3 aromatic carbocycles. The van der Waals surface area contributed by atoms with E-state index in [1.807, 2.05) is 0 Å². The highest BCUT2D eigenvalue weighted by atomic mass is 14.4. The van der Waals surface area contributed by atoms with Crippen molar-refractivity contribution in [2.75, 3.05) is 0 Å². The van der Waals surface area contributed by atoms with E-state index < -0.39 is 0 Å². The lowest BCUT2D eigenvalue weighted by atomic mass is 9.27. The number of rotatable bonds is 0. The summed E-state index contributed by atoms with van der Waals surface area (Å²) in [5.74, 6) is 0. The van der Waals surface area contributed by atoms with Crippen molar-refractivity contribution in [1.82, 2.24) is 0 Å². The quantitative estimate of drug-likeness (QED) is 0.556. The molecule has 0 atom stereocenters. The Hall–Kier alpha value is -2.28. The normalized spacial score (nSPS) is 18.2. The molecule has 0 amide bonds. The highest BCUT2D eigenvalue weighted by Gasteiger charge is 2.47. The molecule has 0 spiro atoms. The maximum absolute atomic E-state index is 2.38. The van der Waals surface area contributed by atoms with Crippen LogP contribution in [0.1, 0.15) is 49.9 Å². The van der Waals surface area contributed by atoms with Gasteiger partial charge in [-0.05, 0) is 22.3 Å². The summed E-state index contributed by atoms with van der Waals surface area (Å²) in [7, 11) is 0. The van der Waals surface area contributed by atoms with Crippen molar-refractivity contribution < 1.29 is 0 Å². The van der Waals surface area contributed by atoms with Crippen molar-refractivity contribution in [3.05, 3.63) is 89.0 Å². The van der Waals surface area contributed by atoms with E-state index >= 15 is 0 Å². The van der Waals surface area contributed by atoms with Gasteiger partial charge in [-0.2, -0.15) is 0 Å². The molecule has 2 aliphatic heterocycles. The van der Waals surface area contributed by atoms with Crippen molar-refractivity contribution in [3.63, 3.8) is 0 Å². The van der Waals surface area contributed by atoms with Gasteiger partial charge < -0.3 is 0 Å². The predicted molar refractivity (Wildman–Crippen MR) is 108 cm³/mol. The van der Waals surface area contributed by atoms with Gasteiger partial charge in [-0.15, -0.1) is 0 Å². The molecule has 0 saturated heterocycles. The Morgan fingerprint density at radius 1 is 0.520 bits per heavy atom. The van der Waals surface area contributed by atoms with Crippen LogP contribution in [0.3, 0.4) is 0 Å². The molecular formula is C24H23B. The van der Waals surface area contributed by atoms with Gasteiger partial charge >= 0.3 is 0 Å². The minimum Gasteiger partial charge on any atom is -0.0667 e. The standard InChI is InChI=1S/C24H23B/c1-23(2)16-10-5-7-14-20(16)25-21-15-8-6-11-17(21)24(3,4)19-13-9-12-18(23)22(19)25/h5-15H,1-4H3. The summed E-state index contributed by atoms with van der Waals surface area (Å²) in [6, 6.07) is 25.1. The lowest BCUT2D eigenvalue weighted by Gasteiger charge is -2.46. The first-order chi connectivity index (χ1) is 11.9. The van der Waals surface area contributed by atoms with Crippen LogP contribution in [0.5, 0.6) is 0 Å². The van der Waals surface area contributed by atoms with E-state index in [9.17, 15) is 0 Å². The Kier molecular flexibility index (Phi) is 2.80. The second kappa shape index (κ2) is 4.66. The summed E-state index contributed by atoms with van der Waals surface area (Å²) in [6.07, 6.45) is 0. The van der Waals surface area contributed by atoms with E-state index in [0.29, 0.717) is 6.71 Å². The Morgan fingerprint density at radius 2 is 0.920 bits per heavy atom. The molecule has 0 N–H and O–H groups in total. The zero-order valence-corrected chi connectivity index (χ0v) is 15.4. The zero-order valence-electron chi connectivity index (χ0n) is 15.4. The van der Waals surface area contributed by atoms with Crippen LogP contribution in [0.2, 0.25) is 0 Å². The molecular weight excluding hydrogens is 299 g/mol. The summed E-state index contributed by atoms with van der Waals surface area (Å²) in [4.78, 5) is 0. The van der Waals surface area contributed by atoms with Gasteiger partial charge in [0.05, 0.1) is 0 Å². The van der Waals surface area contributed by atoms with Gasteiger partial charge in [-0.25, -0.2) is 0 Å². The molecule has 2 heterocycles. The largest absolute Gasteiger partial charge is 0.242 e. The van der Waals surface area contributed by atoms with E-state index in [1.54, 1.807) is 5.46 Å². The topological polar surface area (TPSA) is 0 Å². The fraction of sp³-hybridized carbons (Fsp3) is 0.250. The SMILES string of the molecule is CC1(C)c2ccccc2B2c3ccccc3C(C)(C)c3cccc1c32. The van der Waals surface area contributed by atoms with Crippen LogP contribution in [-0.2, 0) is 10.8 Å². The Balaban J connectivity index is 1.97. The molecule has 0 aliphatic carbocycles. The molecule has 0 aromatic heterocycles. The van der Waals surface area contributed by atoms with Crippen LogP contribution in [0, 0.1) is 0 Å². The molecule has 1 heteroatoms. The highest BCUT2D eigenvalue weighted by molar-refractivity contribution is 6.97. The van der Waals surface area contributed by atoms with Crippen molar-refractivity contribution in [2.24, 2.45) is 0 Å². The van der Waals surface area contributed by atoms with Gasteiger partial charge in [0.15, 0.2) is 0 Å². The summed E-state index contributed by atoms with van der Waals surface area (Å²) in [5.41, 5.74) is 10.5. The molecule has 0 unspecified atom stereocenters. The van der Waals surface area contributed by atoms with E-state index in [2.05, 4.69) is 94.4 Å². The molecule has 122 valence electrons. The van der Waals surface area contributed by atoms with Crippen LogP contribution >= 0.6 is 0 Å². The third-order valence-corrected chi connectivity index (χ3v) is 6.63. The average Bonchev–Trinajstić information content (AvgIpc) is 2.61. The summed E-state index contributed by atoms with van der Waals surface area (Å²) >= 11 is 0. The van der Waals surface area contributed by atoms with Gasteiger partial charge in [0, 0.05) is 10.8 Å². The fourth-order valence-electron chi connectivity index (χ4n) is 5.37. The van der Waals surface area contributed by atoms with Gasteiger partial charge in [-0.1, -0.05) is 111 Å². The van der Waals surface area contributed by atoms with Crippen LogP contribution in [-0.4, -0.2) is 6.71 Å². The molecule has 0 fully saturated rings. The smallest absolute Gasteiger partial charge is 0.0667 e. The number of fused-ring (bicyclic) bond motifs is 4. The van der Waals surface area contributed by atoms with Crippen molar-refractivity contribution in [2.45, 2.75) is 38.5 Å². The predicted octanol–water partition coefficient (Wildman–Crippen LogP) is 3.48. The van der Waals surface area contributed by atoms with Crippen LogP contribution in [0.4, 0.5) is 0 Å². The van der Waals surface area contributed by atoms with Gasteiger partial charge in [-0.3, -0.25) is 0 Å². The Labute approximate surface area is 151 Å². The minimum atomic E-state index is 0.0425. The van der Waals surface area contributed by atoms with E-state index in [-0.39, 0.29) is 10.8 Å². The van der Waals surface area contributed by atoms with Crippen LogP contribution in [0.15, 0.2) is 66.7 Å². The van der Waals surface area contributed by atoms with Gasteiger partial charge in [0.25, 0.3) is 0 Å². The lowest BCUT2D eigenvalue weighted by Crippen LogP contribution is -2.66. The second-order valence-corrected chi connectivity index (χ2v) is 8.62. The number of benzene rings is 3. The number of hydrogen-bond donors (Lipinski definition) is 0. The van der Waals surface area contributed by atoms with Crippen LogP contribution < -0.4 is 16.4 Å². The Bertz CT molecular complexity index is 932. The molecule has 3 aromatic rings. The third-order valence-electron chi connectivity index (χ3n) is 6.63. The Morgan fingerprint density at radius 3 is 1.40 bits per heavy atom. The molecule has 2 aliphatic rings. The third kappa shape index (κ3) is 1.74. The van der Waals surface area contributed by atoms with E-state index in [1.165, 1.54) is 33.2 Å². The van der Waals surface area contributed by atoms with Crippen LogP contribution in [0.25, 0.3) is 0 Å². The molecule has 0 saturated carbocycles. The van der Waals surface area contributed by atoms with Gasteiger partial charge in [0.2, 0.25) is 6.71 Å². The van der Waals surface area contributed by atoms with Crippen molar-refractivity contribution in [1.29, 1.82) is 0 Å². The molecule has 0 nitrogen and oxygen atoms in total. The molecule has 0 bridgehead atoms. The number of hydrogen-bond acceptors (Lipinski definition) is 0. The summed E-state index contributed by atoms with van der Waals surface area (Å²) < 4.78 is 0. The van der Waals surface area contributed by atoms with E-state index in [0.717, 1.165) is 0 Å². The highest BCUT2D eigenvalue weighted by Crippen LogP contribution is 2.40. The maximum Gasteiger partial charge on any atom is 0.242 e. The molecule has 25 heavy (non-hydrogen) atoms. The fourth-order valence-corrected chi connectivity index (χ4v) is 5.37. The first-order valence-electron chi connectivity index (χ1n) is 9.26. The second-order valence-electron chi connectivity index (χ2n) is 8.62. The molecule has 0 radical (unpaired) electrons. The lowest BCUT2D eigenvalue weighted by molar-refractivity contribution is 0.622. The summed E-state index contributed by atoms with van der Waals surface area (Å²) in [6.45, 7) is 9.88. The monoisotopic (exact) mass is 322 g/mol.